The third kappa shape index (κ3) is 3.35. The van der Waals surface area contributed by atoms with E-state index in [9.17, 15) is 4.79 Å². The fraction of sp³-hybridized carbons (Fsp3) is 0.400. The molecule has 0 aliphatic rings. The first-order valence-corrected chi connectivity index (χ1v) is 6.49. The number of aliphatic hydroxyl groups excluding tert-OH is 1. The molecule has 19 heavy (non-hydrogen) atoms. The van der Waals surface area contributed by atoms with Crippen LogP contribution in [0.1, 0.15) is 25.8 Å². The molecule has 2 rings (SSSR count). The number of H-pyrrole nitrogens is 1. The number of para-hydroxylation sites is 1. The lowest BCUT2D eigenvalue weighted by Crippen LogP contribution is -2.44. The minimum Gasteiger partial charge on any atom is -0.396 e. The Bertz CT molecular complexity index is 572. The number of nitrogens with one attached hydrogen (secondary N) is 2. The summed E-state index contributed by atoms with van der Waals surface area (Å²) < 4.78 is 0. The zero-order valence-corrected chi connectivity index (χ0v) is 11.4. The van der Waals surface area contributed by atoms with Crippen LogP contribution in [0.3, 0.4) is 0 Å². The Labute approximate surface area is 112 Å². The van der Waals surface area contributed by atoms with Crippen LogP contribution in [-0.2, 0) is 11.2 Å². The maximum atomic E-state index is 12.0. The number of aromatic nitrogens is 1. The van der Waals surface area contributed by atoms with E-state index in [0.717, 1.165) is 16.5 Å². The summed E-state index contributed by atoms with van der Waals surface area (Å²) in [6.45, 7) is 3.90. The van der Waals surface area contributed by atoms with Crippen molar-refractivity contribution in [1.29, 1.82) is 0 Å². The Balaban J connectivity index is 2.07. The summed E-state index contributed by atoms with van der Waals surface area (Å²) in [6.07, 6.45) is 2.77. The van der Waals surface area contributed by atoms with E-state index >= 15 is 0 Å². The highest BCUT2D eigenvalue weighted by molar-refractivity contribution is 5.89. The standard InChI is InChI=1S/C15H20N2O2/c1-15(2,7-8-18)17-14(19)9-11-10-16-13-6-4-3-5-12(11)13/h3-6,10,16,18H,7-9H2,1-2H3,(H,17,19). The van der Waals surface area contributed by atoms with Gasteiger partial charge < -0.3 is 15.4 Å². The minimum atomic E-state index is -0.377. The Kier molecular flexibility index (Phi) is 3.90. The second-order valence-electron chi connectivity index (χ2n) is 5.44. The number of fused-ring (bicyclic) bond motifs is 1. The number of aliphatic hydroxyl groups is 1. The van der Waals surface area contributed by atoms with Gasteiger partial charge in [0.1, 0.15) is 0 Å². The third-order valence-electron chi connectivity index (χ3n) is 3.24. The number of hydrogen-bond acceptors (Lipinski definition) is 2. The van der Waals surface area contributed by atoms with Crippen molar-refractivity contribution in [2.24, 2.45) is 0 Å². The molecule has 0 radical (unpaired) electrons. The average Bonchev–Trinajstić information content (AvgIpc) is 2.72. The summed E-state index contributed by atoms with van der Waals surface area (Å²) in [5, 5.41) is 13.0. The molecule has 0 unspecified atom stereocenters. The summed E-state index contributed by atoms with van der Waals surface area (Å²) in [5.41, 5.74) is 1.66. The quantitative estimate of drug-likeness (QED) is 0.769. The van der Waals surface area contributed by atoms with Crippen LogP contribution >= 0.6 is 0 Å². The van der Waals surface area contributed by atoms with Crippen LogP contribution < -0.4 is 5.32 Å². The van der Waals surface area contributed by atoms with Crippen LogP contribution in [0.2, 0.25) is 0 Å². The lowest BCUT2D eigenvalue weighted by Gasteiger charge is -2.25. The number of carbonyl (C=O) groups excluding carboxylic acids is 1. The fourth-order valence-electron chi connectivity index (χ4n) is 2.21. The van der Waals surface area contributed by atoms with Crippen molar-refractivity contribution < 1.29 is 9.90 Å². The van der Waals surface area contributed by atoms with E-state index in [-0.39, 0.29) is 18.1 Å². The van der Waals surface area contributed by atoms with E-state index in [1.165, 1.54) is 0 Å². The van der Waals surface area contributed by atoms with E-state index in [2.05, 4.69) is 10.3 Å². The van der Waals surface area contributed by atoms with Gasteiger partial charge in [0.25, 0.3) is 0 Å². The molecule has 0 saturated heterocycles. The highest BCUT2D eigenvalue weighted by atomic mass is 16.3. The highest BCUT2D eigenvalue weighted by Gasteiger charge is 2.20. The van der Waals surface area contributed by atoms with Gasteiger partial charge in [-0.15, -0.1) is 0 Å². The number of carbonyl (C=O) groups is 1. The number of amides is 1. The molecule has 0 bridgehead atoms. The normalized spacial score (nSPS) is 11.7. The van der Waals surface area contributed by atoms with E-state index in [1.54, 1.807) is 0 Å². The van der Waals surface area contributed by atoms with E-state index < -0.39 is 0 Å². The molecule has 1 aromatic heterocycles. The molecule has 0 fully saturated rings. The molecule has 2 aromatic rings. The third-order valence-corrected chi connectivity index (χ3v) is 3.24. The first kappa shape index (κ1) is 13.6. The van der Waals surface area contributed by atoms with E-state index in [0.29, 0.717) is 12.8 Å². The van der Waals surface area contributed by atoms with Crippen LogP contribution in [0.5, 0.6) is 0 Å². The zero-order valence-electron chi connectivity index (χ0n) is 11.4. The zero-order chi connectivity index (χ0) is 13.9. The van der Waals surface area contributed by atoms with Crippen molar-refractivity contribution in [3.8, 4) is 0 Å². The maximum absolute atomic E-state index is 12.0. The van der Waals surface area contributed by atoms with E-state index in [4.69, 9.17) is 5.11 Å². The number of rotatable bonds is 5. The molecule has 3 N–H and O–H groups in total. The molecule has 1 heterocycles. The number of hydrogen-bond donors (Lipinski definition) is 3. The topological polar surface area (TPSA) is 65.1 Å². The predicted molar refractivity (Wildman–Crippen MR) is 75.9 cm³/mol. The molecule has 0 saturated carbocycles. The van der Waals surface area contributed by atoms with Gasteiger partial charge in [-0.1, -0.05) is 18.2 Å². The summed E-state index contributed by atoms with van der Waals surface area (Å²) in [6, 6.07) is 7.93. The smallest absolute Gasteiger partial charge is 0.224 e. The highest BCUT2D eigenvalue weighted by Crippen LogP contribution is 2.18. The summed E-state index contributed by atoms with van der Waals surface area (Å²) in [7, 11) is 0. The number of aromatic amines is 1. The lowest BCUT2D eigenvalue weighted by atomic mass is 10.0. The molecule has 1 aromatic carbocycles. The van der Waals surface area contributed by atoms with Crippen molar-refractivity contribution in [3.63, 3.8) is 0 Å². The molecule has 0 aliphatic carbocycles. The van der Waals surface area contributed by atoms with Crippen LogP contribution in [0.4, 0.5) is 0 Å². The van der Waals surface area contributed by atoms with Crippen LogP contribution in [0, 0.1) is 0 Å². The molecule has 0 aliphatic heterocycles. The van der Waals surface area contributed by atoms with Gasteiger partial charge in [0.05, 0.1) is 6.42 Å². The van der Waals surface area contributed by atoms with Gasteiger partial charge in [0.2, 0.25) is 5.91 Å². The molecule has 4 nitrogen and oxygen atoms in total. The van der Waals surface area contributed by atoms with Gasteiger partial charge in [-0.05, 0) is 31.9 Å². The van der Waals surface area contributed by atoms with Gasteiger partial charge in [-0.25, -0.2) is 0 Å². The van der Waals surface area contributed by atoms with Crippen LogP contribution in [0.15, 0.2) is 30.5 Å². The average molecular weight is 260 g/mol. The molecule has 102 valence electrons. The largest absolute Gasteiger partial charge is 0.396 e. The molecule has 0 spiro atoms. The Morgan fingerprint density at radius 3 is 2.84 bits per heavy atom. The SMILES string of the molecule is CC(C)(CCO)NC(=O)Cc1c[nH]c2ccccc12. The van der Waals surface area contributed by atoms with Crippen molar-refractivity contribution >= 4 is 16.8 Å². The Morgan fingerprint density at radius 1 is 1.37 bits per heavy atom. The monoisotopic (exact) mass is 260 g/mol. The molecular weight excluding hydrogens is 240 g/mol. The summed E-state index contributed by atoms with van der Waals surface area (Å²) in [4.78, 5) is 15.2. The second kappa shape index (κ2) is 5.45. The van der Waals surface area contributed by atoms with E-state index in [1.807, 2.05) is 44.3 Å². The minimum absolute atomic E-state index is 0.0248. The summed E-state index contributed by atoms with van der Waals surface area (Å²) in [5.74, 6) is -0.0248. The lowest BCUT2D eigenvalue weighted by molar-refractivity contribution is -0.122. The predicted octanol–water partition coefficient (Wildman–Crippen LogP) is 1.99. The summed E-state index contributed by atoms with van der Waals surface area (Å²) >= 11 is 0. The van der Waals surface area contributed by atoms with Crippen molar-refractivity contribution in [2.75, 3.05) is 6.61 Å². The first-order chi connectivity index (χ1) is 9.02. The van der Waals surface area contributed by atoms with Crippen LogP contribution in [-0.4, -0.2) is 28.1 Å². The van der Waals surface area contributed by atoms with Gasteiger partial charge in [-0.3, -0.25) is 4.79 Å². The molecule has 0 atom stereocenters. The van der Waals surface area contributed by atoms with Crippen molar-refractivity contribution in [1.82, 2.24) is 10.3 Å². The van der Waals surface area contributed by atoms with Crippen molar-refractivity contribution in [3.05, 3.63) is 36.0 Å². The first-order valence-electron chi connectivity index (χ1n) is 6.49. The Morgan fingerprint density at radius 2 is 2.11 bits per heavy atom. The van der Waals surface area contributed by atoms with Crippen molar-refractivity contribution in [2.45, 2.75) is 32.2 Å². The molecule has 4 heteroatoms. The van der Waals surface area contributed by atoms with Gasteiger partial charge in [0, 0.05) is 29.2 Å². The second-order valence-corrected chi connectivity index (χ2v) is 5.44. The fourth-order valence-corrected chi connectivity index (χ4v) is 2.21. The van der Waals surface area contributed by atoms with Gasteiger partial charge >= 0.3 is 0 Å². The Hall–Kier alpha value is -1.81. The molecular formula is C15H20N2O2. The maximum Gasteiger partial charge on any atom is 0.224 e. The van der Waals surface area contributed by atoms with Crippen LogP contribution in [0.25, 0.3) is 10.9 Å². The van der Waals surface area contributed by atoms with Gasteiger partial charge in [0.15, 0.2) is 0 Å². The van der Waals surface area contributed by atoms with Gasteiger partial charge in [-0.2, -0.15) is 0 Å². The molecule has 1 amide bonds. The number of benzene rings is 1.